The van der Waals surface area contributed by atoms with Crippen LogP contribution >= 0.6 is 90.4 Å². The molecule has 1 fully saturated rings. The van der Waals surface area contributed by atoms with Crippen molar-refractivity contribution in [3.05, 3.63) is 37.5 Å². The zero-order valence-corrected chi connectivity index (χ0v) is 22.8. The number of aliphatic carboxylic acids is 1. The average molecular weight is 830 g/mol. The monoisotopic (exact) mass is 830 g/mol. The van der Waals surface area contributed by atoms with Crippen LogP contribution in [0.2, 0.25) is 0 Å². The van der Waals surface area contributed by atoms with Crippen molar-refractivity contribution < 1.29 is 24.9 Å². The van der Waals surface area contributed by atoms with Gasteiger partial charge in [0.05, 0.1) is 20.2 Å². The Labute approximate surface area is 216 Å². The predicted octanol–water partition coefficient (Wildman–Crippen LogP) is 6.25. The van der Waals surface area contributed by atoms with Crippen LogP contribution in [-0.4, -0.2) is 21.3 Å². The van der Waals surface area contributed by atoms with Crippen LogP contribution in [0.25, 0.3) is 0 Å². The third-order valence-corrected chi connectivity index (χ3v) is 9.19. The van der Waals surface area contributed by atoms with Crippen molar-refractivity contribution in [1.82, 2.24) is 0 Å². The van der Waals surface area contributed by atoms with Gasteiger partial charge in [-0.1, -0.05) is 6.42 Å². The van der Waals surface area contributed by atoms with Gasteiger partial charge in [-0.15, -0.1) is 0 Å². The molecule has 4 rings (SSSR count). The molecular weight excluding hydrogens is 816 g/mol. The highest BCUT2D eigenvalue weighted by Crippen LogP contribution is 2.57. The number of phenolic OH excluding ortho intramolecular Hbond substituents is 2. The molecule has 2 aromatic rings. The standard InChI is InChI=1S/C19H14I4O5/c20-10-4-8-12(6-2-1-3-7(6)19(26)27)9-5-11(21)16(25)14(23)18(9)28-17(8)13(22)15(10)24/h4-7,12,24-25H,1-3H2,(H,26,27). The van der Waals surface area contributed by atoms with Gasteiger partial charge in [0.25, 0.3) is 0 Å². The summed E-state index contributed by atoms with van der Waals surface area (Å²) in [7, 11) is 0. The largest absolute Gasteiger partial charge is 0.506 e. The Kier molecular flexibility index (Phi) is 6.17. The molecule has 0 saturated heterocycles. The average Bonchev–Trinajstić information content (AvgIpc) is 3.13. The molecule has 0 radical (unpaired) electrons. The topological polar surface area (TPSA) is 87.0 Å². The maximum absolute atomic E-state index is 11.9. The molecule has 1 saturated carbocycles. The summed E-state index contributed by atoms with van der Waals surface area (Å²) in [6.45, 7) is 0. The maximum atomic E-state index is 11.9. The Balaban J connectivity index is 2.01. The Hall–Kier alpha value is 0.230. The minimum absolute atomic E-state index is 0.0637. The summed E-state index contributed by atoms with van der Waals surface area (Å²) in [5.41, 5.74) is 1.82. The van der Waals surface area contributed by atoms with E-state index in [1.807, 2.05) is 12.1 Å². The second-order valence-electron chi connectivity index (χ2n) is 7.00. The van der Waals surface area contributed by atoms with E-state index in [1.54, 1.807) is 0 Å². The van der Waals surface area contributed by atoms with Gasteiger partial charge in [0.15, 0.2) is 0 Å². The summed E-state index contributed by atoms with van der Waals surface area (Å²) in [6.07, 6.45) is 2.37. The lowest BCUT2D eigenvalue weighted by Crippen LogP contribution is -2.27. The fraction of sp³-hybridized carbons (Fsp3) is 0.316. The molecule has 5 nitrogen and oxygen atoms in total. The van der Waals surface area contributed by atoms with Crippen LogP contribution in [0.15, 0.2) is 12.1 Å². The molecule has 1 aliphatic heterocycles. The molecule has 9 heteroatoms. The number of benzene rings is 2. The summed E-state index contributed by atoms with van der Waals surface area (Å²) >= 11 is 8.33. The minimum atomic E-state index is -0.761. The van der Waals surface area contributed by atoms with E-state index >= 15 is 0 Å². The third-order valence-electron chi connectivity index (χ3n) is 5.54. The van der Waals surface area contributed by atoms with Crippen LogP contribution in [0.3, 0.4) is 0 Å². The molecule has 3 N–H and O–H groups in total. The fourth-order valence-electron chi connectivity index (χ4n) is 4.31. The molecule has 0 amide bonds. The SMILES string of the molecule is O=C(O)C1CCCC1C1c2cc(I)c(O)c(I)c2Oc2c1cc(I)c(O)c2I. The fourth-order valence-corrected chi connectivity index (χ4v) is 7.98. The molecule has 1 heterocycles. The van der Waals surface area contributed by atoms with E-state index in [0.717, 1.165) is 24.0 Å². The van der Waals surface area contributed by atoms with Gasteiger partial charge < -0.3 is 20.1 Å². The summed E-state index contributed by atoms with van der Waals surface area (Å²) in [5.74, 6) is 0.0386. The van der Waals surface area contributed by atoms with Crippen LogP contribution < -0.4 is 4.74 Å². The summed E-state index contributed by atoms with van der Waals surface area (Å²) < 4.78 is 8.85. The maximum Gasteiger partial charge on any atom is 0.306 e. The molecule has 148 valence electrons. The van der Waals surface area contributed by atoms with E-state index < -0.39 is 11.9 Å². The van der Waals surface area contributed by atoms with E-state index in [4.69, 9.17) is 4.74 Å². The Bertz CT molecular complexity index is 943. The van der Waals surface area contributed by atoms with Crippen molar-refractivity contribution in [1.29, 1.82) is 0 Å². The number of carboxylic acids is 1. The second kappa shape index (κ2) is 8.05. The highest BCUT2D eigenvalue weighted by Gasteiger charge is 2.44. The van der Waals surface area contributed by atoms with Crippen molar-refractivity contribution >= 4 is 96.3 Å². The van der Waals surface area contributed by atoms with Crippen molar-refractivity contribution in [3.63, 3.8) is 0 Å². The van der Waals surface area contributed by atoms with Crippen LogP contribution in [0.5, 0.6) is 23.0 Å². The summed E-state index contributed by atoms with van der Waals surface area (Å²) in [6, 6.07) is 3.82. The van der Waals surface area contributed by atoms with Crippen LogP contribution in [0.4, 0.5) is 0 Å². The Morgan fingerprint density at radius 2 is 1.43 bits per heavy atom. The zero-order chi connectivity index (χ0) is 20.3. The molecule has 28 heavy (non-hydrogen) atoms. The molecule has 0 spiro atoms. The Morgan fingerprint density at radius 3 is 1.89 bits per heavy atom. The number of hydrogen-bond donors (Lipinski definition) is 3. The highest BCUT2D eigenvalue weighted by molar-refractivity contribution is 14.1. The first-order chi connectivity index (χ1) is 13.2. The Morgan fingerprint density at radius 1 is 0.929 bits per heavy atom. The summed E-state index contributed by atoms with van der Waals surface area (Å²) in [4.78, 5) is 11.9. The van der Waals surface area contributed by atoms with E-state index in [1.165, 1.54) is 0 Å². The van der Waals surface area contributed by atoms with Crippen molar-refractivity contribution in [2.45, 2.75) is 25.2 Å². The van der Waals surface area contributed by atoms with Gasteiger partial charge in [-0.3, -0.25) is 4.79 Å². The molecule has 0 aromatic heterocycles. The van der Waals surface area contributed by atoms with Gasteiger partial charge in [0, 0.05) is 17.0 Å². The molecule has 0 bridgehead atoms. The van der Waals surface area contributed by atoms with Crippen molar-refractivity contribution in [3.8, 4) is 23.0 Å². The number of rotatable bonds is 2. The summed E-state index contributed by atoms with van der Waals surface area (Å²) in [5, 5.41) is 30.7. The first-order valence-electron chi connectivity index (χ1n) is 8.54. The van der Waals surface area contributed by atoms with E-state index in [9.17, 15) is 20.1 Å². The van der Waals surface area contributed by atoms with Gasteiger partial charge in [0.2, 0.25) is 0 Å². The lowest BCUT2D eigenvalue weighted by atomic mass is 9.74. The number of hydrogen-bond acceptors (Lipinski definition) is 4. The lowest BCUT2D eigenvalue weighted by molar-refractivity contribution is -0.143. The van der Waals surface area contributed by atoms with Crippen molar-refractivity contribution in [2.75, 3.05) is 0 Å². The van der Waals surface area contributed by atoms with Gasteiger partial charge in [-0.2, -0.15) is 0 Å². The lowest BCUT2D eigenvalue weighted by Gasteiger charge is -2.35. The first kappa shape index (κ1) is 21.5. The second-order valence-corrected chi connectivity index (χ2v) is 11.5. The molecule has 2 aromatic carbocycles. The van der Waals surface area contributed by atoms with E-state index in [2.05, 4.69) is 90.4 Å². The quantitative estimate of drug-likeness (QED) is 0.312. The van der Waals surface area contributed by atoms with Crippen LogP contribution in [-0.2, 0) is 4.79 Å². The molecular formula is C19H14I4O5. The van der Waals surface area contributed by atoms with Crippen molar-refractivity contribution in [2.24, 2.45) is 11.8 Å². The van der Waals surface area contributed by atoms with Gasteiger partial charge in [-0.25, -0.2) is 0 Å². The molecule has 2 aliphatic rings. The predicted molar refractivity (Wildman–Crippen MR) is 137 cm³/mol. The van der Waals surface area contributed by atoms with E-state index in [0.29, 0.717) is 32.2 Å². The van der Waals surface area contributed by atoms with Gasteiger partial charge in [0.1, 0.15) is 23.0 Å². The number of aromatic hydroxyl groups is 2. The first-order valence-corrected chi connectivity index (χ1v) is 12.9. The van der Waals surface area contributed by atoms with Gasteiger partial charge >= 0.3 is 5.97 Å². The number of ether oxygens (including phenoxy) is 1. The van der Waals surface area contributed by atoms with Crippen LogP contribution in [0.1, 0.15) is 36.3 Å². The molecule has 2 unspecified atom stereocenters. The number of phenols is 2. The molecule has 2 atom stereocenters. The number of carboxylic acid groups (broad SMARTS) is 1. The van der Waals surface area contributed by atoms with Crippen LogP contribution in [0, 0.1) is 26.1 Å². The minimum Gasteiger partial charge on any atom is -0.506 e. The van der Waals surface area contributed by atoms with Gasteiger partial charge in [-0.05, 0) is 121 Å². The van der Waals surface area contributed by atoms with E-state index in [-0.39, 0.29) is 23.3 Å². The third kappa shape index (κ3) is 3.39. The normalized spacial score (nSPS) is 21.1. The number of fused-ring (bicyclic) bond motifs is 2. The number of carbonyl (C=O) groups is 1. The zero-order valence-electron chi connectivity index (χ0n) is 14.2. The molecule has 1 aliphatic carbocycles. The number of halogens is 4. The smallest absolute Gasteiger partial charge is 0.306 e. The highest BCUT2D eigenvalue weighted by atomic mass is 127.